The van der Waals surface area contributed by atoms with Crippen LogP contribution in [0, 0.1) is 5.82 Å². The topological polar surface area (TPSA) is 72.5 Å². The fourth-order valence-electron chi connectivity index (χ4n) is 2.86. The number of benzene rings is 1. The maximum absolute atomic E-state index is 13.3. The molecule has 1 N–H and O–H groups in total. The predicted octanol–water partition coefficient (Wildman–Crippen LogP) is 0.853. The zero-order valence-corrected chi connectivity index (χ0v) is 16.4. The molecule has 3 rings (SSSR count). The Balaban J connectivity index is 1.87. The van der Waals surface area contributed by atoms with E-state index in [1.54, 1.807) is 12.1 Å². The molecule has 1 aliphatic heterocycles. The van der Waals surface area contributed by atoms with Crippen LogP contribution in [-0.2, 0) is 9.59 Å². The number of halogens is 1. The number of hydrogen-bond acceptors (Lipinski definition) is 5. The highest BCUT2D eigenvalue weighted by Gasteiger charge is 2.28. The Kier molecular flexibility index (Phi) is 5.91. The van der Waals surface area contributed by atoms with Crippen LogP contribution in [0.25, 0.3) is 5.69 Å². The standard InChI is InChI=1S/C18H22FN5O2S/c1-12(22(2)3)17-20-21-18(24(17)14-8-6-13(19)7-9-14)27-11-16(26)23-10-4-5-15(23)25/h6-9,12H,4-5,10-11H2,1-3H3/p+1/t12-/m0/s1. The molecule has 0 radical (unpaired) electrons. The van der Waals surface area contributed by atoms with Gasteiger partial charge < -0.3 is 4.90 Å². The molecule has 2 amide bonds. The number of likely N-dealkylation sites (tertiary alicyclic amines) is 1. The molecule has 0 unspecified atom stereocenters. The van der Waals surface area contributed by atoms with Crippen molar-refractivity contribution in [2.75, 3.05) is 26.4 Å². The van der Waals surface area contributed by atoms with Crippen LogP contribution in [0.5, 0.6) is 0 Å². The molecule has 0 bridgehead atoms. The summed E-state index contributed by atoms with van der Waals surface area (Å²) in [6.07, 6.45) is 1.14. The van der Waals surface area contributed by atoms with Crippen LogP contribution in [-0.4, -0.2) is 57.9 Å². The number of aromatic nitrogens is 3. The maximum atomic E-state index is 13.3. The number of thioether (sulfide) groups is 1. The lowest BCUT2D eigenvalue weighted by Crippen LogP contribution is -3.05. The molecule has 9 heteroatoms. The van der Waals surface area contributed by atoms with E-state index in [2.05, 4.69) is 10.2 Å². The van der Waals surface area contributed by atoms with E-state index in [-0.39, 0.29) is 29.4 Å². The van der Waals surface area contributed by atoms with E-state index in [1.807, 2.05) is 25.6 Å². The first kappa shape index (κ1) is 19.5. The number of nitrogens with one attached hydrogen (secondary N) is 1. The third-order valence-corrected chi connectivity index (χ3v) is 5.61. The number of carbonyl (C=O) groups is 2. The Bertz CT molecular complexity index is 837. The molecule has 0 aliphatic carbocycles. The van der Waals surface area contributed by atoms with Gasteiger partial charge in [0.25, 0.3) is 0 Å². The molecule has 144 valence electrons. The van der Waals surface area contributed by atoms with Crippen molar-refractivity contribution in [3.05, 3.63) is 35.9 Å². The second-order valence-corrected chi connectivity index (χ2v) is 7.73. The number of carbonyl (C=O) groups excluding carboxylic acids is 2. The van der Waals surface area contributed by atoms with Crippen LogP contribution in [0.1, 0.15) is 31.6 Å². The number of imide groups is 1. The molecule has 0 saturated carbocycles. The minimum absolute atomic E-state index is 0.0489. The molecule has 1 atom stereocenters. The van der Waals surface area contributed by atoms with Gasteiger partial charge >= 0.3 is 0 Å². The summed E-state index contributed by atoms with van der Waals surface area (Å²) in [7, 11) is 4.04. The third-order valence-electron chi connectivity index (χ3n) is 4.70. The van der Waals surface area contributed by atoms with Gasteiger partial charge in [-0.2, -0.15) is 0 Å². The highest BCUT2D eigenvalue weighted by Crippen LogP contribution is 2.25. The van der Waals surface area contributed by atoms with Crippen molar-refractivity contribution >= 4 is 23.6 Å². The fraction of sp³-hybridized carbons (Fsp3) is 0.444. The molecule has 0 spiro atoms. The summed E-state index contributed by atoms with van der Waals surface area (Å²) in [5.74, 6) is 0.175. The van der Waals surface area contributed by atoms with Gasteiger partial charge in [-0.25, -0.2) is 4.39 Å². The normalized spacial score (nSPS) is 15.6. The van der Waals surface area contributed by atoms with Crippen molar-refractivity contribution in [3.8, 4) is 5.69 Å². The van der Waals surface area contributed by atoms with Gasteiger partial charge in [-0.3, -0.25) is 19.1 Å². The zero-order chi connectivity index (χ0) is 19.6. The van der Waals surface area contributed by atoms with Crippen LogP contribution in [0.2, 0.25) is 0 Å². The average Bonchev–Trinajstić information content (AvgIpc) is 3.26. The van der Waals surface area contributed by atoms with E-state index < -0.39 is 0 Å². The zero-order valence-electron chi connectivity index (χ0n) is 15.6. The molecule has 1 aromatic carbocycles. The Morgan fingerprint density at radius 3 is 2.59 bits per heavy atom. The summed E-state index contributed by atoms with van der Waals surface area (Å²) in [5.41, 5.74) is 0.733. The first-order chi connectivity index (χ1) is 12.9. The molecule has 7 nitrogen and oxygen atoms in total. The number of quaternary nitrogens is 1. The van der Waals surface area contributed by atoms with Gasteiger partial charge in [-0.1, -0.05) is 11.8 Å². The Morgan fingerprint density at radius 1 is 1.30 bits per heavy atom. The van der Waals surface area contributed by atoms with Crippen LogP contribution in [0.3, 0.4) is 0 Å². The highest BCUT2D eigenvalue weighted by atomic mass is 32.2. The number of nitrogens with zero attached hydrogens (tertiary/aromatic N) is 4. The minimum atomic E-state index is -0.323. The van der Waals surface area contributed by atoms with Gasteiger partial charge in [0, 0.05) is 18.7 Å². The predicted molar refractivity (Wildman–Crippen MR) is 99.2 cm³/mol. The van der Waals surface area contributed by atoms with E-state index in [9.17, 15) is 14.0 Å². The molecule has 1 aromatic heterocycles. The maximum Gasteiger partial charge on any atom is 0.239 e. The molecule has 2 heterocycles. The minimum Gasteiger partial charge on any atom is -0.331 e. The molecule has 27 heavy (non-hydrogen) atoms. The number of hydrogen-bond donors (Lipinski definition) is 1. The van der Waals surface area contributed by atoms with Crippen molar-refractivity contribution < 1.29 is 18.9 Å². The summed E-state index contributed by atoms with van der Waals surface area (Å²) in [5, 5.41) is 9.11. The van der Waals surface area contributed by atoms with E-state index in [0.717, 1.165) is 11.5 Å². The first-order valence-electron chi connectivity index (χ1n) is 8.85. The molecule has 1 fully saturated rings. The van der Waals surface area contributed by atoms with Gasteiger partial charge in [0.15, 0.2) is 11.0 Å². The lowest BCUT2D eigenvalue weighted by molar-refractivity contribution is -0.890. The Hall–Kier alpha value is -2.26. The first-order valence-corrected chi connectivity index (χ1v) is 9.84. The Morgan fingerprint density at radius 2 is 2.00 bits per heavy atom. The van der Waals surface area contributed by atoms with E-state index in [0.29, 0.717) is 24.5 Å². The van der Waals surface area contributed by atoms with Crippen molar-refractivity contribution in [2.24, 2.45) is 0 Å². The summed E-state index contributed by atoms with van der Waals surface area (Å²) >= 11 is 1.24. The Labute approximate surface area is 161 Å². The highest BCUT2D eigenvalue weighted by molar-refractivity contribution is 7.99. The van der Waals surface area contributed by atoms with Gasteiger partial charge in [-0.05, 0) is 37.6 Å². The number of rotatable bonds is 6. The van der Waals surface area contributed by atoms with Crippen molar-refractivity contribution in [3.63, 3.8) is 0 Å². The third kappa shape index (κ3) is 4.19. The lowest BCUT2D eigenvalue weighted by Gasteiger charge is -2.18. The SMILES string of the molecule is C[C@@H](c1nnc(SCC(=O)N2CCCC2=O)n1-c1ccc(F)cc1)[NH+](C)C. The van der Waals surface area contributed by atoms with E-state index in [4.69, 9.17) is 0 Å². The molecule has 1 aliphatic rings. The van der Waals surface area contributed by atoms with Crippen LogP contribution >= 0.6 is 11.8 Å². The van der Waals surface area contributed by atoms with Gasteiger partial charge in [0.1, 0.15) is 11.9 Å². The van der Waals surface area contributed by atoms with Crippen molar-refractivity contribution in [1.29, 1.82) is 0 Å². The second kappa shape index (κ2) is 8.18. The smallest absolute Gasteiger partial charge is 0.239 e. The molecule has 1 saturated heterocycles. The quantitative estimate of drug-likeness (QED) is 0.738. The van der Waals surface area contributed by atoms with E-state index in [1.165, 1.54) is 33.7 Å². The number of amides is 2. The van der Waals surface area contributed by atoms with Crippen LogP contribution in [0.15, 0.2) is 29.4 Å². The molecular formula is C18H23FN5O2S+. The van der Waals surface area contributed by atoms with Gasteiger partial charge in [-0.15, -0.1) is 10.2 Å². The molecule has 2 aromatic rings. The fourth-order valence-corrected chi connectivity index (χ4v) is 3.70. The van der Waals surface area contributed by atoms with Crippen molar-refractivity contribution in [1.82, 2.24) is 19.7 Å². The summed E-state index contributed by atoms with van der Waals surface area (Å²) < 4.78 is 15.2. The summed E-state index contributed by atoms with van der Waals surface area (Å²) in [6, 6.07) is 6.14. The largest absolute Gasteiger partial charge is 0.331 e. The van der Waals surface area contributed by atoms with Crippen LogP contribution < -0.4 is 4.90 Å². The monoisotopic (exact) mass is 392 g/mol. The van der Waals surface area contributed by atoms with Gasteiger partial charge in [0.2, 0.25) is 11.8 Å². The van der Waals surface area contributed by atoms with Gasteiger partial charge in [0.05, 0.1) is 19.8 Å². The molecular weight excluding hydrogens is 369 g/mol. The summed E-state index contributed by atoms with van der Waals surface area (Å²) in [6.45, 7) is 2.51. The average molecular weight is 392 g/mol. The van der Waals surface area contributed by atoms with Crippen molar-refractivity contribution in [2.45, 2.75) is 31.0 Å². The summed E-state index contributed by atoms with van der Waals surface area (Å²) in [4.78, 5) is 26.6. The van der Waals surface area contributed by atoms with Crippen LogP contribution in [0.4, 0.5) is 4.39 Å². The second-order valence-electron chi connectivity index (χ2n) is 6.78. The van der Waals surface area contributed by atoms with E-state index >= 15 is 0 Å². The lowest BCUT2D eigenvalue weighted by atomic mass is 10.2.